The number of nitrogens with zero attached hydrogens (tertiary/aromatic N) is 2. The number of carbonyl (C=O) groups excluding carboxylic acids is 1. The van der Waals surface area contributed by atoms with E-state index in [4.69, 9.17) is 13.9 Å². The Morgan fingerprint density at radius 1 is 1.11 bits per heavy atom. The summed E-state index contributed by atoms with van der Waals surface area (Å²) < 4.78 is 16.8. The molecule has 0 aliphatic heterocycles. The van der Waals surface area contributed by atoms with Gasteiger partial charge in [0.2, 0.25) is 11.8 Å². The highest BCUT2D eigenvalue weighted by Gasteiger charge is 2.13. The van der Waals surface area contributed by atoms with Crippen molar-refractivity contribution in [1.29, 1.82) is 0 Å². The number of hydrogen-bond donors (Lipinski definition) is 1. The predicted octanol–water partition coefficient (Wildman–Crippen LogP) is 3.70. The van der Waals surface area contributed by atoms with Crippen LogP contribution in [0.3, 0.4) is 0 Å². The van der Waals surface area contributed by atoms with Gasteiger partial charge in [-0.1, -0.05) is 12.1 Å². The summed E-state index contributed by atoms with van der Waals surface area (Å²) in [6.45, 7) is 5.53. The van der Waals surface area contributed by atoms with Gasteiger partial charge in [-0.2, -0.15) is 0 Å². The van der Waals surface area contributed by atoms with Gasteiger partial charge in [0.1, 0.15) is 5.52 Å². The van der Waals surface area contributed by atoms with Gasteiger partial charge in [-0.15, -0.1) is 0 Å². The summed E-state index contributed by atoms with van der Waals surface area (Å²) in [4.78, 5) is 18.7. The topological polar surface area (TPSA) is 76.8 Å². The Balaban J connectivity index is 1.59. The number of aromatic nitrogens is 1. The Morgan fingerprint density at radius 2 is 1.86 bits per heavy atom. The van der Waals surface area contributed by atoms with Gasteiger partial charge in [-0.25, -0.2) is 4.98 Å². The van der Waals surface area contributed by atoms with Crippen LogP contribution in [0, 0.1) is 0 Å². The number of amides is 1. The van der Waals surface area contributed by atoms with E-state index in [0.717, 1.165) is 11.1 Å². The first kappa shape index (κ1) is 19.7. The number of oxazole rings is 1. The first-order valence-corrected chi connectivity index (χ1v) is 9.31. The van der Waals surface area contributed by atoms with Crippen LogP contribution in [0.4, 0.5) is 5.69 Å². The van der Waals surface area contributed by atoms with Crippen LogP contribution in [0.1, 0.15) is 19.7 Å². The first-order valence-electron chi connectivity index (χ1n) is 9.31. The normalized spacial score (nSPS) is 11.0. The number of ether oxygens (including phenoxy) is 2. The molecule has 2 aromatic carbocycles. The van der Waals surface area contributed by atoms with E-state index >= 15 is 0 Å². The summed E-state index contributed by atoms with van der Waals surface area (Å²) in [6, 6.07) is 13.0. The SMILES string of the molecule is CCOc1ccc(NC(=O)CN(C)Cc2nc3ccccc3o2)cc1OCC. The van der Waals surface area contributed by atoms with Gasteiger partial charge in [-0.3, -0.25) is 9.69 Å². The summed E-state index contributed by atoms with van der Waals surface area (Å²) in [5.41, 5.74) is 2.22. The van der Waals surface area contributed by atoms with E-state index < -0.39 is 0 Å². The van der Waals surface area contributed by atoms with Crippen LogP contribution in [0.5, 0.6) is 11.5 Å². The predicted molar refractivity (Wildman–Crippen MR) is 108 cm³/mol. The summed E-state index contributed by atoms with van der Waals surface area (Å²) >= 11 is 0. The third-order valence-corrected chi connectivity index (χ3v) is 3.98. The van der Waals surface area contributed by atoms with Crippen LogP contribution in [-0.2, 0) is 11.3 Å². The number of carbonyl (C=O) groups is 1. The number of likely N-dealkylation sites (N-methyl/N-ethyl adjacent to an activating group) is 1. The number of anilines is 1. The molecule has 0 atom stereocenters. The van der Waals surface area contributed by atoms with E-state index in [0.29, 0.717) is 42.8 Å². The minimum absolute atomic E-state index is 0.134. The molecule has 0 radical (unpaired) electrons. The smallest absolute Gasteiger partial charge is 0.238 e. The van der Waals surface area contributed by atoms with E-state index in [1.165, 1.54) is 0 Å². The third kappa shape index (κ3) is 5.01. The number of para-hydroxylation sites is 2. The number of hydrogen-bond acceptors (Lipinski definition) is 6. The van der Waals surface area contributed by atoms with Crippen LogP contribution in [0.15, 0.2) is 46.9 Å². The summed E-state index contributed by atoms with van der Waals surface area (Å²) in [5, 5.41) is 2.89. The number of nitrogens with one attached hydrogen (secondary N) is 1. The van der Waals surface area contributed by atoms with E-state index in [2.05, 4.69) is 10.3 Å². The minimum Gasteiger partial charge on any atom is -0.490 e. The van der Waals surface area contributed by atoms with Crippen molar-refractivity contribution in [2.24, 2.45) is 0 Å². The highest BCUT2D eigenvalue weighted by molar-refractivity contribution is 5.92. The zero-order valence-electron chi connectivity index (χ0n) is 16.4. The maximum absolute atomic E-state index is 12.4. The van der Waals surface area contributed by atoms with Crippen LogP contribution in [0.2, 0.25) is 0 Å². The van der Waals surface area contributed by atoms with Crippen molar-refractivity contribution in [2.75, 3.05) is 32.1 Å². The number of rotatable bonds is 9. The Hall–Kier alpha value is -3.06. The standard InChI is InChI=1S/C21H25N3O4/c1-4-26-18-11-10-15(12-19(18)27-5-2)22-20(25)13-24(3)14-21-23-16-8-6-7-9-17(16)28-21/h6-12H,4-5,13-14H2,1-3H3,(H,22,25). The van der Waals surface area contributed by atoms with Crippen molar-refractivity contribution in [3.63, 3.8) is 0 Å². The van der Waals surface area contributed by atoms with Crippen LogP contribution < -0.4 is 14.8 Å². The van der Waals surface area contributed by atoms with E-state index in [1.54, 1.807) is 18.2 Å². The largest absolute Gasteiger partial charge is 0.490 e. The highest BCUT2D eigenvalue weighted by Crippen LogP contribution is 2.30. The van der Waals surface area contributed by atoms with Gasteiger partial charge in [0, 0.05) is 11.8 Å². The molecule has 1 aromatic heterocycles. The Kier molecular flexibility index (Phi) is 6.49. The Labute approximate surface area is 164 Å². The molecular weight excluding hydrogens is 358 g/mol. The monoisotopic (exact) mass is 383 g/mol. The van der Waals surface area contributed by atoms with Gasteiger partial charge in [-0.05, 0) is 45.2 Å². The van der Waals surface area contributed by atoms with Crippen molar-refractivity contribution < 1.29 is 18.7 Å². The van der Waals surface area contributed by atoms with Gasteiger partial charge >= 0.3 is 0 Å². The van der Waals surface area contributed by atoms with Crippen LogP contribution in [0.25, 0.3) is 11.1 Å². The van der Waals surface area contributed by atoms with E-state index in [9.17, 15) is 4.79 Å². The van der Waals surface area contributed by atoms with Crippen LogP contribution in [-0.4, -0.2) is 42.6 Å². The quantitative estimate of drug-likeness (QED) is 0.607. The molecule has 3 aromatic rings. The lowest BCUT2D eigenvalue weighted by Crippen LogP contribution is -2.29. The molecule has 7 nitrogen and oxygen atoms in total. The number of benzene rings is 2. The Morgan fingerprint density at radius 3 is 2.61 bits per heavy atom. The van der Waals surface area contributed by atoms with Crippen molar-refractivity contribution in [2.45, 2.75) is 20.4 Å². The molecule has 0 saturated heterocycles. The fourth-order valence-electron chi connectivity index (χ4n) is 2.85. The summed E-state index contributed by atoms with van der Waals surface area (Å²) in [7, 11) is 1.85. The lowest BCUT2D eigenvalue weighted by molar-refractivity contribution is -0.117. The average Bonchev–Trinajstić information content (AvgIpc) is 3.06. The molecule has 3 rings (SSSR count). The molecule has 1 heterocycles. The molecule has 7 heteroatoms. The fraction of sp³-hybridized carbons (Fsp3) is 0.333. The molecule has 1 N–H and O–H groups in total. The molecular formula is C21H25N3O4. The van der Waals surface area contributed by atoms with Crippen LogP contribution >= 0.6 is 0 Å². The van der Waals surface area contributed by atoms with E-state index in [1.807, 2.05) is 50.1 Å². The number of fused-ring (bicyclic) bond motifs is 1. The average molecular weight is 383 g/mol. The summed E-state index contributed by atoms with van der Waals surface area (Å²) in [6.07, 6.45) is 0. The van der Waals surface area contributed by atoms with Gasteiger partial charge < -0.3 is 19.2 Å². The van der Waals surface area contributed by atoms with Gasteiger partial charge in [0.05, 0.1) is 26.3 Å². The first-order chi connectivity index (χ1) is 13.6. The summed E-state index contributed by atoms with van der Waals surface area (Å²) in [5.74, 6) is 1.72. The van der Waals surface area contributed by atoms with E-state index in [-0.39, 0.29) is 12.5 Å². The third-order valence-electron chi connectivity index (χ3n) is 3.98. The van der Waals surface area contributed by atoms with Crippen molar-refractivity contribution in [1.82, 2.24) is 9.88 Å². The molecule has 0 spiro atoms. The Bertz CT molecular complexity index is 905. The lowest BCUT2D eigenvalue weighted by Gasteiger charge is -2.16. The maximum Gasteiger partial charge on any atom is 0.238 e. The second-order valence-corrected chi connectivity index (χ2v) is 6.32. The van der Waals surface area contributed by atoms with Crippen molar-refractivity contribution in [3.05, 3.63) is 48.4 Å². The fourth-order valence-corrected chi connectivity index (χ4v) is 2.85. The molecule has 0 unspecified atom stereocenters. The van der Waals surface area contributed by atoms with Gasteiger partial charge in [0.25, 0.3) is 0 Å². The molecule has 0 saturated carbocycles. The highest BCUT2D eigenvalue weighted by atomic mass is 16.5. The van der Waals surface area contributed by atoms with Gasteiger partial charge in [0.15, 0.2) is 17.1 Å². The zero-order chi connectivity index (χ0) is 19.9. The van der Waals surface area contributed by atoms with Crippen molar-refractivity contribution in [3.8, 4) is 11.5 Å². The lowest BCUT2D eigenvalue weighted by atomic mass is 10.2. The second-order valence-electron chi connectivity index (χ2n) is 6.32. The molecule has 0 fully saturated rings. The molecule has 0 bridgehead atoms. The molecule has 28 heavy (non-hydrogen) atoms. The van der Waals surface area contributed by atoms with Crippen molar-refractivity contribution >= 4 is 22.7 Å². The molecule has 148 valence electrons. The zero-order valence-corrected chi connectivity index (χ0v) is 16.4. The maximum atomic E-state index is 12.4. The second kappa shape index (κ2) is 9.23. The molecule has 0 aliphatic carbocycles. The minimum atomic E-state index is -0.134. The molecule has 0 aliphatic rings. The molecule has 1 amide bonds.